The number of aliphatic hydroxyl groups excluding tert-OH is 1. The lowest BCUT2D eigenvalue weighted by Crippen LogP contribution is -2.48. The molecular weight excluding hydrogens is 338 g/mol. The average molecular weight is 360 g/mol. The summed E-state index contributed by atoms with van der Waals surface area (Å²) in [5, 5.41) is 21.5. The van der Waals surface area contributed by atoms with Gasteiger partial charge >= 0.3 is 0 Å². The van der Waals surface area contributed by atoms with Crippen molar-refractivity contribution in [2.75, 3.05) is 18.4 Å². The van der Waals surface area contributed by atoms with Crippen molar-refractivity contribution in [1.82, 2.24) is 19.9 Å². The first-order chi connectivity index (χ1) is 11.7. The predicted molar refractivity (Wildman–Crippen MR) is 101 cm³/mol. The zero-order valence-corrected chi connectivity index (χ0v) is 14.8. The van der Waals surface area contributed by atoms with Crippen molar-refractivity contribution in [3.05, 3.63) is 48.2 Å². The molecule has 2 aromatic heterocycles. The monoisotopic (exact) mass is 359 g/mol. The van der Waals surface area contributed by atoms with Crippen LogP contribution in [0.4, 0.5) is 5.82 Å². The molecule has 0 saturated carbocycles. The van der Waals surface area contributed by atoms with Crippen molar-refractivity contribution in [1.29, 1.82) is 0 Å². The van der Waals surface area contributed by atoms with Crippen LogP contribution in [0, 0.1) is 6.92 Å². The van der Waals surface area contributed by atoms with Gasteiger partial charge in [0.05, 0.1) is 23.5 Å². The Labute approximate surface area is 152 Å². The van der Waals surface area contributed by atoms with Crippen LogP contribution in [0.3, 0.4) is 0 Å². The number of hydrogen-bond donors (Lipinski definition) is 3. The van der Waals surface area contributed by atoms with Crippen LogP contribution in [0.15, 0.2) is 42.5 Å². The number of anilines is 1. The van der Waals surface area contributed by atoms with Gasteiger partial charge in [-0.3, -0.25) is 0 Å². The van der Waals surface area contributed by atoms with E-state index in [4.69, 9.17) is 4.98 Å². The molecule has 3 N–H and O–H groups in total. The molecule has 4 rings (SSSR count). The van der Waals surface area contributed by atoms with Crippen LogP contribution in [0.25, 0.3) is 16.9 Å². The summed E-state index contributed by atoms with van der Waals surface area (Å²) in [4.78, 5) is 4.72. The zero-order chi connectivity index (χ0) is 16.5. The number of nitrogens with one attached hydrogen (secondary N) is 2. The maximum Gasteiger partial charge on any atom is 0.158 e. The fourth-order valence-corrected chi connectivity index (χ4v) is 3.13. The molecule has 0 radical (unpaired) electrons. The number of aryl methyl sites for hydroxylation is 1. The van der Waals surface area contributed by atoms with Gasteiger partial charge in [0.25, 0.3) is 0 Å². The summed E-state index contributed by atoms with van der Waals surface area (Å²) in [5.74, 6) is 0.847. The van der Waals surface area contributed by atoms with Gasteiger partial charge in [-0.05, 0) is 19.9 Å². The minimum Gasteiger partial charge on any atom is -0.391 e. The molecule has 1 aromatic carbocycles. The fourth-order valence-electron chi connectivity index (χ4n) is 3.13. The smallest absolute Gasteiger partial charge is 0.158 e. The Morgan fingerprint density at radius 3 is 2.80 bits per heavy atom. The molecule has 2 atom stereocenters. The minimum absolute atomic E-state index is 0. The molecule has 1 fully saturated rings. The van der Waals surface area contributed by atoms with E-state index in [1.165, 1.54) is 0 Å². The summed E-state index contributed by atoms with van der Waals surface area (Å²) in [6, 6.07) is 14.0. The first-order valence-electron chi connectivity index (χ1n) is 8.29. The highest BCUT2D eigenvalue weighted by Gasteiger charge is 2.23. The second kappa shape index (κ2) is 7.39. The lowest BCUT2D eigenvalue weighted by atomic mass is 10.0. The zero-order valence-electron chi connectivity index (χ0n) is 14.0. The predicted octanol–water partition coefficient (Wildman–Crippen LogP) is 2.26. The van der Waals surface area contributed by atoms with Gasteiger partial charge in [-0.2, -0.15) is 9.61 Å². The molecule has 132 valence electrons. The van der Waals surface area contributed by atoms with Crippen LogP contribution in [-0.2, 0) is 0 Å². The van der Waals surface area contributed by atoms with E-state index in [-0.39, 0.29) is 24.6 Å². The van der Waals surface area contributed by atoms with Gasteiger partial charge in [0.2, 0.25) is 0 Å². The molecule has 0 spiro atoms. The quantitative estimate of drug-likeness (QED) is 0.669. The van der Waals surface area contributed by atoms with E-state index in [0.717, 1.165) is 47.9 Å². The van der Waals surface area contributed by atoms with E-state index in [2.05, 4.69) is 15.7 Å². The molecular formula is C18H22ClN5O. The number of aliphatic hydroxyl groups is 1. The Hall–Kier alpha value is -2.15. The third-order valence-electron chi connectivity index (χ3n) is 4.40. The van der Waals surface area contributed by atoms with Crippen molar-refractivity contribution >= 4 is 23.9 Å². The number of nitrogens with zero attached hydrogens (tertiary/aromatic N) is 3. The standard InChI is InChI=1S/C18H21N5O.ClH/c1-12-9-17-20-14(13-5-3-2-4-6-13)10-18(23(17)22-12)21-15-11-19-8-7-16(15)24;/h2-6,9-10,15-16,19,21,24H,7-8,11H2,1H3;1H/t15-,16-;/m1./s1. The lowest BCUT2D eigenvalue weighted by molar-refractivity contribution is 0.124. The Kier molecular flexibility index (Phi) is 5.22. The molecule has 7 heteroatoms. The molecule has 3 heterocycles. The molecule has 0 unspecified atom stereocenters. The maximum atomic E-state index is 10.2. The third-order valence-corrected chi connectivity index (χ3v) is 4.40. The number of fused-ring (bicyclic) bond motifs is 1. The number of aromatic nitrogens is 3. The highest BCUT2D eigenvalue weighted by atomic mass is 35.5. The largest absolute Gasteiger partial charge is 0.391 e. The number of piperidine rings is 1. The van der Waals surface area contributed by atoms with Crippen LogP contribution in [0.2, 0.25) is 0 Å². The van der Waals surface area contributed by atoms with Crippen molar-refractivity contribution in [2.24, 2.45) is 0 Å². The number of benzene rings is 1. The van der Waals surface area contributed by atoms with E-state index < -0.39 is 0 Å². The Morgan fingerprint density at radius 1 is 1.24 bits per heavy atom. The SMILES string of the molecule is Cc1cc2nc(-c3ccccc3)cc(N[C@@H]3CNCC[C@H]3O)n2n1.Cl. The van der Waals surface area contributed by atoms with Gasteiger partial charge < -0.3 is 15.7 Å². The highest BCUT2D eigenvalue weighted by molar-refractivity contribution is 5.85. The van der Waals surface area contributed by atoms with Gasteiger partial charge in [-0.25, -0.2) is 4.98 Å². The van der Waals surface area contributed by atoms with Gasteiger partial charge in [0.1, 0.15) is 5.82 Å². The molecule has 25 heavy (non-hydrogen) atoms. The van der Waals surface area contributed by atoms with Gasteiger partial charge in [0.15, 0.2) is 5.65 Å². The minimum atomic E-state index is -0.369. The maximum absolute atomic E-state index is 10.2. The van der Waals surface area contributed by atoms with E-state index in [0.29, 0.717) is 0 Å². The highest BCUT2D eigenvalue weighted by Crippen LogP contribution is 2.23. The summed E-state index contributed by atoms with van der Waals surface area (Å²) in [6.07, 6.45) is 0.376. The fraction of sp³-hybridized carbons (Fsp3) is 0.333. The summed E-state index contributed by atoms with van der Waals surface area (Å²) < 4.78 is 1.81. The topological polar surface area (TPSA) is 74.5 Å². The molecule has 1 saturated heterocycles. The molecule has 6 nitrogen and oxygen atoms in total. The Morgan fingerprint density at radius 2 is 2.04 bits per heavy atom. The van der Waals surface area contributed by atoms with Gasteiger partial charge in [0, 0.05) is 24.2 Å². The van der Waals surface area contributed by atoms with Crippen molar-refractivity contribution in [3.63, 3.8) is 0 Å². The van der Waals surface area contributed by atoms with Crippen LogP contribution < -0.4 is 10.6 Å². The van der Waals surface area contributed by atoms with E-state index in [1.54, 1.807) is 0 Å². The van der Waals surface area contributed by atoms with Crippen LogP contribution >= 0.6 is 12.4 Å². The molecule has 3 aromatic rings. The normalized spacial score (nSPS) is 20.2. The Bertz CT molecular complexity index is 851. The molecule has 0 aliphatic carbocycles. The lowest BCUT2D eigenvalue weighted by Gasteiger charge is -2.30. The average Bonchev–Trinajstić information content (AvgIpc) is 2.98. The van der Waals surface area contributed by atoms with Gasteiger partial charge in [-0.1, -0.05) is 30.3 Å². The summed E-state index contributed by atoms with van der Waals surface area (Å²) >= 11 is 0. The second-order valence-electron chi connectivity index (χ2n) is 6.26. The molecule has 1 aliphatic rings. The summed E-state index contributed by atoms with van der Waals surface area (Å²) in [6.45, 7) is 3.53. The first-order valence-corrected chi connectivity index (χ1v) is 8.29. The van der Waals surface area contributed by atoms with Crippen LogP contribution in [-0.4, -0.2) is 44.9 Å². The number of hydrogen-bond acceptors (Lipinski definition) is 5. The Balaban J connectivity index is 0.00000182. The summed E-state index contributed by atoms with van der Waals surface area (Å²) in [7, 11) is 0. The van der Waals surface area contributed by atoms with E-state index in [1.807, 2.05) is 53.9 Å². The van der Waals surface area contributed by atoms with Crippen molar-refractivity contribution in [2.45, 2.75) is 25.5 Å². The van der Waals surface area contributed by atoms with Crippen LogP contribution in [0.1, 0.15) is 12.1 Å². The summed E-state index contributed by atoms with van der Waals surface area (Å²) in [5.41, 5.74) is 3.67. The van der Waals surface area contributed by atoms with Gasteiger partial charge in [-0.15, -0.1) is 12.4 Å². The molecule has 0 amide bonds. The van der Waals surface area contributed by atoms with E-state index >= 15 is 0 Å². The molecule has 1 aliphatic heterocycles. The first kappa shape index (κ1) is 17.7. The number of halogens is 1. The third kappa shape index (κ3) is 3.61. The second-order valence-corrected chi connectivity index (χ2v) is 6.26. The van der Waals surface area contributed by atoms with E-state index in [9.17, 15) is 5.11 Å². The van der Waals surface area contributed by atoms with Crippen LogP contribution in [0.5, 0.6) is 0 Å². The number of rotatable bonds is 3. The van der Waals surface area contributed by atoms with Crippen molar-refractivity contribution in [3.8, 4) is 11.3 Å². The molecule has 0 bridgehead atoms. The van der Waals surface area contributed by atoms with Crippen molar-refractivity contribution < 1.29 is 5.11 Å².